The molecule has 2 rings (SSSR count). The van der Waals surface area contributed by atoms with Gasteiger partial charge >= 0.3 is 0 Å². The minimum absolute atomic E-state index is 0.195. The molecule has 0 spiro atoms. The Morgan fingerprint density at radius 2 is 1.95 bits per heavy atom. The van der Waals surface area contributed by atoms with Crippen LogP contribution in [0, 0.1) is 0 Å². The predicted molar refractivity (Wildman–Crippen MR) is 84.9 cm³/mol. The van der Waals surface area contributed by atoms with Crippen LogP contribution in [0.2, 0.25) is 0 Å². The minimum atomic E-state index is -3.59. The highest BCUT2D eigenvalue weighted by molar-refractivity contribution is 9.09. The van der Waals surface area contributed by atoms with Gasteiger partial charge in [0.1, 0.15) is 13.2 Å². The van der Waals surface area contributed by atoms with E-state index in [0.717, 1.165) is 5.33 Å². The van der Waals surface area contributed by atoms with E-state index < -0.39 is 15.6 Å². The lowest BCUT2D eigenvalue weighted by Gasteiger charge is -2.29. The van der Waals surface area contributed by atoms with Crippen molar-refractivity contribution in [3.05, 3.63) is 18.2 Å². The van der Waals surface area contributed by atoms with Gasteiger partial charge in [0.25, 0.3) is 0 Å². The second-order valence-corrected chi connectivity index (χ2v) is 7.74. The zero-order chi connectivity index (χ0) is 15.5. The average molecular weight is 378 g/mol. The second-order valence-electron chi connectivity index (χ2n) is 5.26. The molecule has 1 N–H and O–H groups in total. The highest BCUT2D eigenvalue weighted by Gasteiger charge is 2.29. The van der Waals surface area contributed by atoms with Crippen molar-refractivity contribution in [2.45, 2.75) is 37.1 Å². The molecule has 0 bridgehead atoms. The Bertz CT molecular complexity index is 605. The average Bonchev–Trinajstić information content (AvgIpc) is 2.46. The number of hydrogen-bond donors (Lipinski definition) is 1. The molecule has 7 heteroatoms. The molecule has 1 heterocycles. The van der Waals surface area contributed by atoms with E-state index >= 15 is 0 Å². The number of sulfonamides is 1. The topological polar surface area (TPSA) is 64.6 Å². The summed E-state index contributed by atoms with van der Waals surface area (Å²) in [5.74, 6) is 1.06. The Kier molecular flexibility index (Phi) is 5.16. The monoisotopic (exact) mass is 377 g/mol. The van der Waals surface area contributed by atoms with Gasteiger partial charge in [-0.1, -0.05) is 22.9 Å². The molecular weight excluding hydrogens is 358 g/mol. The van der Waals surface area contributed by atoms with Gasteiger partial charge in [-0.3, -0.25) is 0 Å². The van der Waals surface area contributed by atoms with Crippen LogP contribution in [0.1, 0.15) is 26.7 Å². The maximum Gasteiger partial charge on any atom is 0.241 e. The number of nitrogens with one attached hydrogen (secondary N) is 1. The summed E-state index contributed by atoms with van der Waals surface area (Å²) in [4.78, 5) is 0.195. The first-order chi connectivity index (χ1) is 9.90. The highest BCUT2D eigenvalue weighted by Crippen LogP contribution is 2.32. The van der Waals surface area contributed by atoms with Crippen LogP contribution in [0.3, 0.4) is 0 Å². The molecule has 0 aliphatic carbocycles. The third-order valence-electron chi connectivity index (χ3n) is 3.63. The van der Waals surface area contributed by atoms with E-state index in [1.165, 1.54) is 6.07 Å². The SMILES string of the molecule is CCC(C)(CCBr)NS(=O)(=O)c1ccc2c(c1)OCCO2. The quantitative estimate of drug-likeness (QED) is 0.774. The number of ether oxygens (including phenoxy) is 2. The molecule has 1 aliphatic rings. The molecule has 0 amide bonds. The van der Waals surface area contributed by atoms with Crippen molar-refractivity contribution >= 4 is 26.0 Å². The molecule has 1 aromatic rings. The van der Waals surface area contributed by atoms with Crippen molar-refractivity contribution < 1.29 is 17.9 Å². The van der Waals surface area contributed by atoms with Crippen LogP contribution in [0.4, 0.5) is 0 Å². The molecule has 1 aliphatic heterocycles. The maximum absolute atomic E-state index is 12.5. The van der Waals surface area contributed by atoms with Crippen LogP contribution >= 0.6 is 15.9 Å². The summed E-state index contributed by atoms with van der Waals surface area (Å²) < 4.78 is 38.7. The minimum Gasteiger partial charge on any atom is -0.486 e. The fourth-order valence-corrected chi connectivity index (χ4v) is 4.48. The molecule has 0 saturated heterocycles. The van der Waals surface area contributed by atoms with Gasteiger partial charge in [-0.15, -0.1) is 0 Å². The van der Waals surface area contributed by atoms with Gasteiger partial charge in [-0.05, 0) is 31.9 Å². The summed E-state index contributed by atoms with van der Waals surface area (Å²) in [7, 11) is -3.59. The van der Waals surface area contributed by atoms with Crippen LogP contribution in [0.5, 0.6) is 11.5 Å². The van der Waals surface area contributed by atoms with E-state index in [-0.39, 0.29) is 4.90 Å². The Morgan fingerprint density at radius 1 is 1.29 bits per heavy atom. The first kappa shape index (κ1) is 16.6. The maximum atomic E-state index is 12.5. The van der Waals surface area contributed by atoms with Gasteiger partial charge in [0.2, 0.25) is 10.0 Å². The van der Waals surface area contributed by atoms with Gasteiger partial charge < -0.3 is 9.47 Å². The van der Waals surface area contributed by atoms with Crippen LogP contribution in [-0.4, -0.2) is 32.5 Å². The summed E-state index contributed by atoms with van der Waals surface area (Å²) in [6, 6.07) is 4.69. The summed E-state index contributed by atoms with van der Waals surface area (Å²) >= 11 is 3.37. The predicted octanol–water partition coefficient (Wildman–Crippen LogP) is 2.69. The molecule has 0 aromatic heterocycles. The molecule has 1 atom stereocenters. The largest absolute Gasteiger partial charge is 0.486 e. The van der Waals surface area contributed by atoms with Crippen molar-refractivity contribution in [3.63, 3.8) is 0 Å². The molecule has 0 fully saturated rings. The number of fused-ring (bicyclic) bond motifs is 1. The Hall–Kier alpha value is -0.790. The van der Waals surface area contributed by atoms with Crippen molar-refractivity contribution in [2.24, 2.45) is 0 Å². The second kappa shape index (κ2) is 6.54. The zero-order valence-electron chi connectivity index (χ0n) is 12.2. The number of rotatable bonds is 6. The lowest BCUT2D eigenvalue weighted by Crippen LogP contribution is -2.45. The summed E-state index contributed by atoms with van der Waals surface area (Å²) in [5, 5.41) is 0.737. The molecule has 0 saturated carbocycles. The van der Waals surface area contributed by atoms with Gasteiger partial charge in [0, 0.05) is 16.9 Å². The number of alkyl halides is 1. The van der Waals surface area contributed by atoms with Gasteiger partial charge in [0.05, 0.1) is 4.90 Å². The first-order valence-electron chi connectivity index (χ1n) is 6.90. The van der Waals surface area contributed by atoms with Crippen LogP contribution in [0.25, 0.3) is 0 Å². The summed E-state index contributed by atoms with van der Waals surface area (Å²) in [6.07, 6.45) is 1.43. The standard InChI is InChI=1S/C14H20BrNO4S/c1-3-14(2,6-7-15)16-21(17,18)11-4-5-12-13(10-11)20-9-8-19-12/h4-5,10,16H,3,6-9H2,1-2H3. The fraction of sp³-hybridized carbons (Fsp3) is 0.571. The molecule has 0 radical (unpaired) electrons. The van der Waals surface area contributed by atoms with Crippen molar-refractivity contribution in [3.8, 4) is 11.5 Å². The Labute approximate surface area is 134 Å². The van der Waals surface area contributed by atoms with Crippen molar-refractivity contribution in [2.75, 3.05) is 18.5 Å². The Morgan fingerprint density at radius 3 is 2.57 bits per heavy atom. The van der Waals surface area contributed by atoms with Crippen LogP contribution < -0.4 is 14.2 Å². The molecule has 21 heavy (non-hydrogen) atoms. The normalized spacial score (nSPS) is 17.3. The molecule has 1 aromatic carbocycles. The molecule has 118 valence electrons. The summed E-state index contributed by atoms with van der Waals surface area (Å²) in [5.41, 5.74) is -0.477. The van der Waals surface area contributed by atoms with E-state index in [2.05, 4.69) is 20.7 Å². The van der Waals surface area contributed by atoms with Crippen LogP contribution in [0.15, 0.2) is 23.1 Å². The van der Waals surface area contributed by atoms with E-state index in [0.29, 0.717) is 37.6 Å². The Balaban J connectivity index is 2.27. The molecule has 1 unspecified atom stereocenters. The van der Waals surface area contributed by atoms with Crippen molar-refractivity contribution in [1.29, 1.82) is 0 Å². The van der Waals surface area contributed by atoms with E-state index in [1.54, 1.807) is 12.1 Å². The lowest BCUT2D eigenvalue weighted by molar-refractivity contribution is 0.171. The molecular formula is C14H20BrNO4S. The number of hydrogen-bond acceptors (Lipinski definition) is 4. The number of halogens is 1. The van der Waals surface area contributed by atoms with Gasteiger partial charge in [-0.25, -0.2) is 13.1 Å². The fourth-order valence-electron chi connectivity index (χ4n) is 2.08. The van der Waals surface area contributed by atoms with E-state index in [4.69, 9.17) is 9.47 Å². The third-order valence-corrected chi connectivity index (χ3v) is 5.66. The zero-order valence-corrected chi connectivity index (χ0v) is 14.6. The third kappa shape index (κ3) is 3.90. The lowest BCUT2D eigenvalue weighted by atomic mass is 9.98. The van der Waals surface area contributed by atoms with Crippen LogP contribution in [-0.2, 0) is 10.0 Å². The van der Waals surface area contributed by atoms with Gasteiger partial charge in [-0.2, -0.15) is 0 Å². The summed E-state index contributed by atoms with van der Waals surface area (Å²) in [6.45, 7) is 4.79. The van der Waals surface area contributed by atoms with E-state index in [1.807, 2.05) is 13.8 Å². The van der Waals surface area contributed by atoms with Gasteiger partial charge in [0.15, 0.2) is 11.5 Å². The molecule has 5 nitrogen and oxygen atoms in total. The first-order valence-corrected chi connectivity index (χ1v) is 9.50. The highest BCUT2D eigenvalue weighted by atomic mass is 79.9. The van der Waals surface area contributed by atoms with E-state index in [9.17, 15) is 8.42 Å². The smallest absolute Gasteiger partial charge is 0.241 e. The number of benzene rings is 1. The van der Waals surface area contributed by atoms with Crippen molar-refractivity contribution in [1.82, 2.24) is 4.72 Å².